The Kier molecular flexibility index (Phi) is 17.6. The number of anilines is 2. The number of methoxy groups -OCH3 is 3. The second-order valence-corrected chi connectivity index (χ2v) is 23.5. The van der Waals surface area contributed by atoms with E-state index in [1.54, 1.807) is 76.7 Å². The SMILES string of the molecule is CCN(c1c2c(c(OCc3ccc(OC)cc3)c3ncc(Cc4ccc(F)cc4)cc13)C(=O)N(CCOC)C2)S(C)(=O)=O.CCN(c1c2c(c(OCc3ccc(OC)cc3)c3ncc(Cc4ccc(F)cc4)cc13)C(=O)NC2)S(C)(=O)=O. The van der Waals surface area contributed by atoms with Crippen LogP contribution in [-0.2, 0) is 63.9 Å². The molecule has 1 N–H and O–H groups in total. The fourth-order valence-corrected chi connectivity index (χ4v) is 12.3. The first kappa shape index (κ1) is 58.3. The first-order chi connectivity index (χ1) is 39.3. The molecule has 0 saturated carbocycles. The summed E-state index contributed by atoms with van der Waals surface area (Å²) in [5.74, 6) is 0.743. The zero-order valence-corrected chi connectivity index (χ0v) is 48.1. The molecule has 0 atom stereocenters. The van der Waals surface area contributed by atoms with Gasteiger partial charge < -0.3 is 33.9 Å². The molecule has 0 spiro atoms. The first-order valence-electron chi connectivity index (χ1n) is 26.3. The molecule has 2 aromatic heterocycles. The largest absolute Gasteiger partial charge is 0.497 e. The third-order valence-corrected chi connectivity index (χ3v) is 16.6. The van der Waals surface area contributed by atoms with Gasteiger partial charge in [0.15, 0.2) is 11.5 Å². The van der Waals surface area contributed by atoms with Crippen molar-refractivity contribution in [3.05, 3.63) is 189 Å². The lowest BCUT2D eigenvalue weighted by atomic mass is 9.98. The second-order valence-electron chi connectivity index (χ2n) is 19.7. The van der Waals surface area contributed by atoms with Gasteiger partial charge >= 0.3 is 0 Å². The average molecular weight is 1160 g/mol. The van der Waals surface area contributed by atoms with Crippen LogP contribution in [-0.4, -0.2) is 104 Å². The number of halogens is 2. The normalized spacial score (nSPS) is 12.9. The van der Waals surface area contributed by atoms with E-state index in [0.717, 1.165) is 45.9 Å². The van der Waals surface area contributed by atoms with Crippen LogP contribution in [0.1, 0.15) is 79.1 Å². The quantitative estimate of drug-likeness (QED) is 0.0715. The Bertz CT molecular complexity index is 3910. The van der Waals surface area contributed by atoms with Crippen LogP contribution >= 0.6 is 0 Å². The van der Waals surface area contributed by atoms with E-state index in [9.17, 15) is 35.2 Å². The maximum absolute atomic E-state index is 13.9. The van der Waals surface area contributed by atoms with Gasteiger partial charge in [0.2, 0.25) is 20.0 Å². The molecule has 0 aliphatic carbocycles. The number of hydrogen-bond acceptors (Lipinski definition) is 13. The predicted octanol–water partition coefficient (Wildman–Crippen LogP) is 9.52. The van der Waals surface area contributed by atoms with Crippen molar-refractivity contribution in [3.63, 3.8) is 0 Å². The minimum Gasteiger partial charge on any atom is -0.497 e. The zero-order valence-electron chi connectivity index (χ0n) is 46.4. The lowest BCUT2D eigenvalue weighted by Crippen LogP contribution is -2.31. The van der Waals surface area contributed by atoms with Crippen molar-refractivity contribution in [1.29, 1.82) is 0 Å². The number of aromatic nitrogens is 2. The molecule has 2 amide bonds. The van der Waals surface area contributed by atoms with Crippen molar-refractivity contribution in [2.75, 3.05) is 68.7 Å². The fourth-order valence-electron chi connectivity index (χ4n) is 10.3. The molecule has 0 bridgehead atoms. The van der Waals surface area contributed by atoms with E-state index in [0.29, 0.717) is 98.9 Å². The standard InChI is InChI=1S/C32H34FN3O6S.C29H28FN3O5S/c1-5-36(43(4,38)39)30-26-17-23(16-21-6-10-24(33)11-7-21)18-34-29(26)31(42-20-22-8-12-25(41-3)13-9-22)28-27(30)19-35(32(28)37)14-15-40-2;1-4-33(39(3,35)36)27-23-14-20(13-18-5-9-21(30)10-6-18)15-31-26(23)28(25-24(27)16-32-29(25)34)38-17-19-7-11-22(37-2)12-8-19/h6-13,17-18H,5,14-16,19-20H2,1-4H3;5-12,14-15H,4,13,16-17H2,1-3H3,(H,32,34). The van der Waals surface area contributed by atoms with Gasteiger partial charge in [-0.05, 0) is 121 Å². The van der Waals surface area contributed by atoms with E-state index < -0.39 is 20.0 Å². The molecule has 21 heteroatoms. The molecule has 0 unspecified atom stereocenters. The van der Waals surface area contributed by atoms with Crippen molar-refractivity contribution in [2.45, 2.75) is 53.0 Å². The van der Waals surface area contributed by atoms with E-state index in [1.807, 2.05) is 60.7 Å². The maximum Gasteiger partial charge on any atom is 0.258 e. The molecule has 17 nitrogen and oxygen atoms in total. The van der Waals surface area contributed by atoms with Crippen LogP contribution in [0.5, 0.6) is 23.0 Å². The Morgan fingerprint density at radius 2 is 1.01 bits per heavy atom. The van der Waals surface area contributed by atoms with Gasteiger partial charge in [-0.1, -0.05) is 48.5 Å². The molecule has 10 rings (SSSR count). The summed E-state index contributed by atoms with van der Waals surface area (Å²) in [6, 6.07) is 30.9. The van der Waals surface area contributed by atoms with Crippen molar-refractivity contribution in [1.82, 2.24) is 20.2 Å². The number of carbonyl (C=O) groups excluding carboxylic acids is 2. The van der Waals surface area contributed by atoms with E-state index in [1.165, 1.54) is 32.9 Å². The minimum atomic E-state index is -3.73. The van der Waals surface area contributed by atoms with Crippen LogP contribution in [0.25, 0.3) is 21.8 Å². The number of benzene rings is 6. The van der Waals surface area contributed by atoms with Gasteiger partial charge in [-0.25, -0.2) is 25.6 Å². The topological polar surface area (TPSA) is 196 Å². The summed E-state index contributed by atoms with van der Waals surface area (Å²) in [6.07, 6.45) is 6.56. The third kappa shape index (κ3) is 12.6. The predicted molar refractivity (Wildman–Crippen MR) is 310 cm³/mol. The number of nitrogens with zero attached hydrogens (tertiary/aromatic N) is 5. The highest BCUT2D eigenvalue weighted by molar-refractivity contribution is 7.92. The number of fused-ring (bicyclic) bond motifs is 4. The van der Waals surface area contributed by atoms with E-state index in [4.69, 9.17) is 28.7 Å². The average Bonchev–Trinajstić information content (AvgIpc) is 4.22. The molecule has 82 heavy (non-hydrogen) atoms. The van der Waals surface area contributed by atoms with Crippen LogP contribution in [0.4, 0.5) is 20.2 Å². The van der Waals surface area contributed by atoms with Crippen molar-refractivity contribution in [3.8, 4) is 23.0 Å². The third-order valence-electron chi connectivity index (χ3n) is 14.1. The maximum atomic E-state index is 13.9. The van der Waals surface area contributed by atoms with Crippen LogP contribution in [0.15, 0.2) is 122 Å². The number of pyridine rings is 2. The van der Waals surface area contributed by atoms with Crippen molar-refractivity contribution < 1.29 is 58.9 Å². The molecule has 6 aromatic carbocycles. The molecule has 4 heterocycles. The molecule has 0 saturated heterocycles. The van der Waals surface area contributed by atoms with Gasteiger partial charge in [-0.3, -0.25) is 28.2 Å². The first-order valence-corrected chi connectivity index (χ1v) is 30.0. The van der Waals surface area contributed by atoms with Gasteiger partial charge in [-0.15, -0.1) is 0 Å². The van der Waals surface area contributed by atoms with Crippen molar-refractivity contribution >= 4 is 65.0 Å². The fraction of sp³-hybridized carbons (Fsp3) is 0.279. The highest BCUT2D eigenvalue weighted by atomic mass is 32.2. The van der Waals surface area contributed by atoms with Gasteiger partial charge in [0, 0.05) is 74.1 Å². The van der Waals surface area contributed by atoms with Gasteiger partial charge in [0.05, 0.1) is 55.8 Å². The van der Waals surface area contributed by atoms with E-state index in [2.05, 4.69) is 10.3 Å². The smallest absolute Gasteiger partial charge is 0.258 e. The molecule has 2 aliphatic rings. The number of nitrogens with one attached hydrogen (secondary N) is 1. The summed E-state index contributed by atoms with van der Waals surface area (Å²) in [6.45, 7) is 5.13. The second kappa shape index (κ2) is 24.8. The molecule has 0 radical (unpaired) electrons. The van der Waals surface area contributed by atoms with E-state index in [-0.39, 0.29) is 68.4 Å². The number of rotatable bonds is 21. The minimum absolute atomic E-state index is 0.152. The molecular formula is C61H62F2N6O11S2. The highest BCUT2D eigenvalue weighted by Crippen LogP contribution is 2.47. The molecular weight excluding hydrogens is 1090 g/mol. The van der Waals surface area contributed by atoms with Crippen molar-refractivity contribution in [2.24, 2.45) is 0 Å². The Labute approximate surface area is 475 Å². The number of sulfonamides is 2. The van der Waals surface area contributed by atoms with Crippen LogP contribution < -0.4 is 32.9 Å². The Morgan fingerprint density at radius 1 is 0.585 bits per heavy atom. The van der Waals surface area contributed by atoms with Crippen LogP contribution in [0.3, 0.4) is 0 Å². The van der Waals surface area contributed by atoms with Gasteiger partial charge in [0.25, 0.3) is 11.8 Å². The molecule has 8 aromatic rings. The summed E-state index contributed by atoms with van der Waals surface area (Å²) < 4.78 is 110. The van der Waals surface area contributed by atoms with Gasteiger partial charge in [-0.2, -0.15) is 0 Å². The molecule has 0 fully saturated rings. The number of carbonyl (C=O) groups is 2. The highest BCUT2D eigenvalue weighted by Gasteiger charge is 2.39. The number of ether oxygens (including phenoxy) is 5. The van der Waals surface area contributed by atoms with Crippen LogP contribution in [0, 0.1) is 11.6 Å². The Hall–Kier alpha value is -8.40. The summed E-state index contributed by atoms with van der Waals surface area (Å²) in [7, 11) is -2.66. The summed E-state index contributed by atoms with van der Waals surface area (Å²) in [5.41, 5.74) is 8.35. The van der Waals surface area contributed by atoms with E-state index >= 15 is 0 Å². The molecule has 428 valence electrons. The lowest BCUT2D eigenvalue weighted by molar-refractivity contribution is 0.0716. The Morgan fingerprint density at radius 3 is 1.43 bits per heavy atom. The monoisotopic (exact) mass is 1160 g/mol. The Balaban J connectivity index is 0.000000198. The van der Waals surface area contributed by atoms with Gasteiger partial charge in [0.1, 0.15) is 47.4 Å². The summed E-state index contributed by atoms with van der Waals surface area (Å²) in [4.78, 5) is 38.0. The number of amides is 2. The lowest BCUT2D eigenvalue weighted by Gasteiger charge is -2.26. The van der Waals surface area contributed by atoms with Crippen LogP contribution in [0.2, 0.25) is 0 Å². The molecule has 2 aliphatic heterocycles. The summed E-state index contributed by atoms with van der Waals surface area (Å²) in [5, 5.41) is 3.93. The number of hydrogen-bond donors (Lipinski definition) is 1. The zero-order chi connectivity index (χ0) is 58.5. The summed E-state index contributed by atoms with van der Waals surface area (Å²) >= 11 is 0.